The molecule has 1 amide bonds. The molecule has 0 aromatic heterocycles. The van der Waals surface area contributed by atoms with Gasteiger partial charge in [0, 0.05) is 11.3 Å². The second kappa shape index (κ2) is 5.61. The van der Waals surface area contributed by atoms with E-state index in [2.05, 4.69) is 12.2 Å². The number of nitrogens with two attached hydrogens (primary N) is 1. The van der Waals surface area contributed by atoms with Crippen LogP contribution in [0, 0.1) is 0 Å². The first-order valence-electron chi connectivity index (χ1n) is 5.31. The molecule has 3 nitrogen and oxygen atoms in total. The smallest absolute Gasteiger partial charge is 0.236 e. The zero-order valence-corrected chi connectivity index (χ0v) is 9.77. The summed E-state index contributed by atoms with van der Waals surface area (Å²) < 4.78 is 0. The summed E-state index contributed by atoms with van der Waals surface area (Å²) in [6, 6.07) is -0.0228. The van der Waals surface area contributed by atoms with Gasteiger partial charge in [-0.1, -0.05) is 6.92 Å². The van der Waals surface area contributed by atoms with Crippen LogP contribution in [0.2, 0.25) is 0 Å². The topological polar surface area (TPSA) is 55.1 Å². The Bertz CT molecular complexity index is 197. The minimum Gasteiger partial charge on any atom is -0.352 e. The molecule has 2 unspecified atom stereocenters. The molecule has 0 radical (unpaired) electrons. The van der Waals surface area contributed by atoms with Crippen molar-refractivity contribution in [2.45, 2.75) is 50.4 Å². The van der Waals surface area contributed by atoms with Crippen LogP contribution in [0.1, 0.15) is 33.1 Å². The summed E-state index contributed by atoms with van der Waals surface area (Å²) in [6.45, 7) is 3.90. The van der Waals surface area contributed by atoms with Crippen molar-refractivity contribution in [3.8, 4) is 0 Å². The first-order chi connectivity index (χ1) is 6.63. The Morgan fingerprint density at radius 1 is 1.64 bits per heavy atom. The third kappa shape index (κ3) is 3.50. The second-order valence-corrected chi connectivity index (χ2v) is 5.46. The highest BCUT2D eigenvalue weighted by molar-refractivity contribution is 7.99. The molecule has 0 aromatic rings. The van der Waals surface area contributed by atoms with Gasteiger partial charge >= 0.3 is 0 Å². The number of rotatable bonds is 4. The summed E-state index contributed by atoms with van der Waals surface area (Å²) in [5.41, 5.74) is 5.49. The fourth-order valence-electron chi connectivity index (χ4n) is 1.79. The van der Waals surface area contributed by atoms with E-state index in [0.717, 1.165) is 18.1 Å². The summed E-state index contributed by atoms with van der Waals surface area (Å²) >= 11 is 2.00. The van der Waals surface area contributed by atoms with E-state index in [4.69, 9.17) is 5.73 Å². The Labute approximate surface area is 90.2 Å². The second-order valence-electron chi connectivity index (χ2n) is 3.88. The van der Waals surface area contributed by atoms with Crippen LogP contribution in [0.3, 0.4) is 0 Å². The summed E-state index contributed by atoms with van der Waals surface area (Å²) in [7, 11) is 0. The third-order valence-electron chi connectivity index (χ3n) is 2.55. The molecule has 3 atom stereocenters. The zero-order chi connectivity index (χ0) is 10.6. The van der Waals surface area contributed by atoms with E-state index in [9.17, 15) is 4.79 Å². The molecule has 1 saturated carbocycles. The van der Waals surface area contributed by atoms with Gasteiger partial charge in [0.1, 0.15) is 0 Å². The van der Waals surface area contributed by atoms with E-state index in [1.165, 1.54) is 12.2 Å². The normalized spacial score (nSPS) is 28.8. The molecule has 14 heavy (non-hydrogen) atoms. The van der Waals surface area contributed by atoms with Crippen LogP contribution >= 0.6 is 11.8 Å². The standard InChI is InChI=1S/C10H20N2OS/c1-3-14-9-5-4-8(6-9)12-10(13)7(2)11/h7-9H,3-6,11H2,1-2H3,(H,12,13)/t7-,8?,9?/m1/s1. The lowest BCUT2D eigenvalue weighted by atomic mass is 10.2. The average molecular weight is 216 g/mol. The summed E-state index contributed by atoms with van der Waals surface area (Å²) in [4.78, 5) is 11.3. The lowest BCUT2D eigenvalue weighted by molar-refractivity contribution is -0.122. The van der Waals surface area contributed by atoms with Crippen LogP contribution in [0.25, 0.3) is 0 Å². The van der Waals surface area contributed by atoms with Crippen molar-refractivity contribution in [1.82, 2.24) is 5.32 Å². The molecule has 1 aliphatic rings. The molecule has 0 aliphatic heterocycles. The SMILES string of the molecule is CCSC1CCC(NC(=O)[C@@H](C)N)C1. The van der Waals surface area contributed by atoms with Crippen molar-refractivity contribution in [2.75, 3.05) is 5.75 Å². The van der Waals surface area contributed by atoms with E-state index < -0.39 is 0 Å². The molecule has 0 bridgehead atoms. The van der Waals surface area contributed by atoms with E-state index in [1.54, 1.807) is 6.92 Å². The van der Waals surface area contributed by atoms with E-state index in [1.807, 2.05) is 11.8 Å². The van der Waals surface area contributed by atoms with Crippen molar-refractivity contribution in [1.29, 1.82) is 0 Å². The molecule has 1 rings (SSSR count). The predicted molar refractivity (Wildman–Crippen MR) is 61.4 cm³/mol. The monoisotopic (exact) mass is 216 g/mol. The van der Waals surface area contributed by atoms with Crippen molar-refractivity contribution in [3.05, 3.63) is 0 Å². The number of carbonyl (C=O) groups is 1. The Morgan fingerprint density at radius 3 is 2.93 bits per heavy atom. The number of amides is 1. The highest BCUT2D eigenvalue weighted by atomic mass is 32.2. The largest absolute Gasteiger partial charge is 0.352 e. The van der Waals surface area contributed by atoms with Crippen LogP contribution in [-0.4, -0.2) is 29.0 Å². The fraction of sp³-hybridized carbons (Fsp3) is 0.900. The maximum Gasteiger partial charge on any atom is 0.236 e. The van der Waals surface area contributed by atoms with Crippen LogP contribution in [-0.2, 0) is 4.79 Å². The quantitative estimate of drug-likeness (QED) is 0.740. The highest BCUT2D eigenvalue weighted by Crippen LogP contribution is 2.29. The number of nitrogens with one attached hydrogen (secondary N) is 1. The molecule has 1 fully saturated rings. The predicted octanol–water partition coefficient (Wildman–Crippen LogP) is 1.12. The lowest BCUT2D eigenvalue weighted by Gasteiger charge is -2.14. The number of carbonyl (C=O) groups excluding carboxylic acids is 1. The average Bonchev–Trinajstić information content (AvgIpc) is 2.53. The Balaban J connectivity index is 2.25. The van der Waals surface area contributed by atoms with Gasteiger partial charge in [0.15, 0.2) is 0 Å². The molecular formula is C10H20N2OS. The Morgan fingerprint density at radius 2 is 2.36 bits per heavy atom. The van der Waals surface area contributed by atoms with E-state index >= 15 is 0 Å². The van der Waals surface area contributed by atoms with Crippen LogP contribution in [0.4, 0.5) is 0 Å². The molecular weight excluding hydrogens is 196 g/mol. The first kappa shape index (κ1) is 11.9. The highest BCUT2D eigenvalue weighted by Gasteiger charge is 2.26. The summed E-state index contributed by atoms with van der Waals surface area (Å²) in [5, 5.41) is 3.72. The molecule has 0 spiro atoms. The molecule has 82 valence electrons. The fourth-order valence-corrected chi connectivity index (χ4v) is 2.93. The number of thioether (sulfide) groups is 1. The summed E-state index contributed by atoms with van der Waals surface area (Å²) in [6.07, 6.45) is 3.44. The van der Waals surface area contributed by atoms with Gasteiger partial charge in [0.2, 0.25) is 5.91 Å². The molecule has 4 heteroatoms. The van der Waals surface area contributed by atoms with Crippen molar-refractivity contribution in [2.24, 2.45) is 5.73 Å². The van der Waals surface area contributed by atoms with Gasteiger partial charge in [-0.2, -0.15) is 11.8 Å². The van der Waals surface area contributed by atoms with Crippen LogP contribution in [0.5, 0.6) is 0 Å². The van der Waals surface area contributed by atoms with Crippen molar-refractivity contribution in [3.63, 3.8) is 0 Å². The van der Waals surface area contributed by atoms with Crippen LogP contribution < -0.4 is 11.1 Å². The van der Waals surface area contributed by atoms with E-state index in [-0.39, 0.29) is 11.9 Å². The Kier molecular flexibility index (Phi) is 4.75. The molecule has 0 aromatic carbocycles. The van der Waals surface area contributed by atoms with Gasteiger partial charge in [-0.3, -0.25) is 4.79 Å². The van der Waals surface area contributed by atoms with Crippen molar-refractivity contribution < 1.29 is 4.79 Å². The van der Waals surface area contributed by atoms with Gasteiger partial charge in [0.25, 0.3) is 0 Å². The number of hydrogen-bond donors (Lipinski definition) is 2. The van der Waals surface area contributed by atoms with Gasteiger partial charge in [-0.05, 0) is 31.9 Å². The molecule has 1 aliphatic carbocycles. The third-order valence-corrected chi connectivity index (χ3v) is 3.78. The van der Waals surface area contributed by atoms with Gasteiger partial charge in [-0.15, -0.1) is 0 Å². The Hall–Kier alpha value is -0.220. The molecule has 3 N–H and O–H groups in total. The van der Waals surface area contributed by atoms with Crippen molar-refractivity contribution >= 4 is 17.7 Å². The molecule has 0 heterocycles. The minimum absolute atomic E-state index is 0.0165. The lowest BCUT2D eigenvalue weighted by Crippen LogP contribution is -2.43. The minimum atomic E-state index is -0.382. The molecule has 0 saturated heterocycles. The van der Waals surface area contributed by atoms with Gasteiger partial charge in [-0.25, -0.2) is 0 Å². The van der Waals surface area contributed by atoms with Gasteiger partial charge in [0.05, 0.1) is 6.04 Å². The first-order valence-corrected chi connectivity index (χ1v) is 6.36. The maximum atomic E-state index is 11.3. The summed E-state index contributed by atoms with van der Waals surface area (Å²) in [5.74, 6) is 1.15. The maximum absolute atomic E-state index is 11.3. The van der Waals surface area contributed by atoms with E-state index in [0.29, 0.717) is 6.04 Å². The van der Waals surface area contributed by atoms with Crippen LogP contribution in [0.15, 0.2) is 0 Å². The zero-order valence-electron chi connectivity index (χ0n) is 8.95. The van der Waals surface area contributed by atoms with Gasteiger partial charge < -0.3 is 11.1 Å². The number of hydrogen-bond acceptors (Lipinski definition) is 3.